The summed E-state index contributed by atoms with van der Waals surface area (Å²) < 4.78 is 0. The van der Waals surface area contributed by atoms with Gasteiger partial charge in [-0.3, -0.25) is 19.2 Å². The van der Waals surface area contributed by atoms with Crippen LogP contribution in [0.25, 0.3) is 0 Å². The van der Waals surface area contributed by atoms with E-state index >= 15 is 0 Å². The van der Waals surface area contributed by atoms with Crippen LogP contribution in [0.5, 0.6) is 0 Å². The van der Waals surface area contributed by atoms with Crippen LogP contribution in [-0.2, 0) is 32.0 Å². The van der Waals surface area contributed by atoms with E-state index < -0.39 is 47.3 Å². The van der Waals surface area contributed by atoms with Gasteiger partial charge in [0.05, 0.1) is 6.04 Å². The van der Waals surface area contributed by atoms with Gasteiger partial charge in [0.15, 0.2) is 0 Å². The van der Waals surface area contributed by atoms with E-state index in [1.165, 1.54) is 6.08 Å². The molecule has 0 aromatic heterocycles. The number of likely N-dealkylation sites (tertiary alicyclic amines) is 1. The number of benzene rings is 1. The Balaban J connectivity index is 1.89. The van der Waals surface area contributed by atoms with Crippen LogP contribution in [-0.4, -0.2) is 71.2 Å². The third kappa shape index (κ3) is 8.67. The largest absolute Gasteiger partial charge is 0.346 e. The SMILES string of the molecule is C=CCNC(=O)C(=O)C(CCC)NC(=O)[C@@H]1C(C(C)C)CCN1C(=O)[C@@H](NC(=O)NC(C)(C)C)C1Cc2ccccc2C1. The Bertz CT molecular complexity index is 1180. The van der Waals surface area contributed by atoms with Gasteiger partial charge in [-0.15, -0.1) is 6.58 Å². The van der Waals surface area contributed by atoms with E-state index in [2.05, 4.69) is 27.8 Å². The van der Waals surface area contributed by atoms with Gasteiger partial charge in [0, 0.05) is 18.6 Å². The van der Waals surface area contributed by atoms with Crippen LogP contribution in [0.3, 0.4) is 0 Å². The molecular weight excluding hydrogens is 546 g/mol. The van der Waals surface area contributed by atoms with Crippen molar-refractivity contribution >= 4 is 29.5 Å². The highest BCUT2D eigenvalue weighted by atomic mass is 16.2. The first-order valence-corrected chi connectivity index (χ1v) is 15.5. The van der Waals surface area contributed by atoms with E-state index in [0.29, 0.717) is 32.2 Å². The van der Waals surface area contributed by atoms with Crippen molar-refractivity contribution < 1.29 is 24.0 Å². The highest BCUT2D eigenvalue weighted by Crippen LogP contribution is 2.34. The van der Waals surface area contributed by atoms with Gasteiger partial charge in [0.25, 0.3) is 5.91 Å². The average Bonchev–Trinajstić information content (AvgIpc) is 3.57. The molecule has 0 bridgehead atoms. The molecule has 1 aliphatic heterocycles. The zero-order chi connectivity index (χ0) is 31.9. The molecule has 1 aliphatic carbocycles. The predicted octanol–water partition coefficient (Wildman–Crippen LogP) is 2.90. The fourth-order valence-electron chi connectivity index (χ4n) is 6.23. The molecule has 10 nitrogen and oxygen atoms in total. The fourth-order valence-corrected chi connectivity index (χ4v) is 6.23. The Morgan fingerprint density at radius 2 is 1.67 bits per heavy atom. The molecule has 1 aromatic carbocycles. The van der Waals surface area contributed by atoms with Crippen LogP contribution in [0, 0.1) is 17.8 Å². The summed E-state index contributed by atoms with van der Waals surface area (Å²) in [5.74, 6) is -2.53. The number of urea groups is 1. The molecule has 1 heterocycles. The van der Waals surface area contributed by atoms with Crippen molar-refractivity contribution in [2.24, 2.45) is 17.8 Å². The second-order valence-electron chi connectivity index (χ2n) is 13.1. The molecular formula is C33H49N5O5. The molecule has 0 saturated carbocycles. The standard InChI is InChI=1S/C33H49N5O5/c1-8-12-25(28(39)30(41)34-16-9-2)35-29(40)27-24(20(3)4)15-17-38(27)31(42)26(36-32(43)37-33(5,6)7)23-18-21-13-10-11-14-22(21)19-23/h9-11,13-14,20,23-27H,2,8,12,15-19H2,1,3-7H3,(H,34,41)(H,35,40)(H2,36,37,43)/t24?,25?,26-,27-/m0/s1. The summed E-state index contributed by atoms with van der Waals surface area (Å²) in [6.45, 7) is 15.5. The fraction of sp³-hybridized carbons (Fsp3) is 0.606. The monoisotopic (exact) mass is 595 g/mol. The van der Waals surface area contributed by atoms with Crippen molar-refractivity contribution in [1.82, 2.24) is 26.2 Å². The van der Waals surface area contributed by atoms with Crippen molar-refractivity contribution in [3.8, 4) is 0 Å². The lowest BCUT2D eigenvalue weighted by atomic mass is 9.87. The molecule has 1 saturated heterocycles. The minimum Gasteiger partial charge on any atom is -0.346 e. The van der Waals surface area contributed by atoms with E-state index in [9.17, 15) is 24.0 Å². The molecule has 4 atom stereocenters. The quantitative estimate of drug-likeness (QED) is 0.218. The van der Waals surface area contributed by atoms with Crippen LogP contribution in [0.15, 0.2) is 36.9 Å². The summed E-state index contributed by atoms with van der Waals surface area (Å²) in [7, 11) is 0. The number of rotatable bonds is 12. The number of Topliss-reactive ketones (excluding diaryl/α,β-unsaturated/α-hetero) is 1. The van der Waals surface area contributed by atoms with Gasteiger partial charge >= 0.3 is 6.03 Å². The summed E-state index contributed by atoms with van der Waals surface area (Å²) in [4.78, 5) is 68.4. The Labute approximate surface area is 255 Å². The first kappa shape index (κ1) is 33.8. The van der Waals surface area contributed by atoms with Crippen LogP contribution < -0.4 is 21.3 Å². The number of carbonyl (C=O) groups excluding carboxylic acids is 5. The van der Waals surface area contributed by atoms with E-state index in [-0.39, 0.29) is 36.6 Å². The van der Waals surface area contributed by atoms with Gasteiger partial charge in [-0.2, -0.15) is 0 Å². The Hall–Kier alpha value is -3.69. The topological polar surface area (TPSA) is 137 Å². The number of hydrogen-bond donors (Lipinski definition) is 4. The smallest absolute Gasteiger partial charge is 0.315 e. The number of amides is 5. The van der Waals surface area contributed by atoms with Gasteiger partial charge in [0.2, 0.25) is 17.6 Å². The highest BCUT2D eigenvalue weighted by Gasteiger charge is 2.47. The molecule has 0 spiro atoms. The lowest BCUT2D eigenvalue weighted by molar-refractivity contribution is -0.144. The zero-order valence-electron chi connectivity index (χ0n) is 26.5. The van der Waals surface area contributed by atoms with E-state index in [4.69, 9.17) is 0 Å². The van der Waals surface area contributed by atoms with Crippen molar-refractivity contribution in [2.45, 2.75) is 97.3 Å². The molecule has 4 N–H and O–H groups in total. The zero-order valence-corrected chi connectivity index (χ0v) is 26.5. The summed E-state index contributed by atoms with van der Waals surface area (Å²) in [6.07, 6.45) is 4.21. The third-order valence-corrected chi connectivity index (χ3v) is 8.29. The summed E-state index contributed by atoms with van der Waals surface area (Å²) in [5, 5.41) is 11.2. The molecule has 236 valence electrons. The number of nitrogens with one attached hydrogen (secondary N) is 4. The maximum atomic E-state index is 14.4. The molecule has 1 aromatic rings. The number of fused-ring (bicyclic) bond motifs is 1. The Morgan fingerprint density at radius 3 is 2.21 bits per heavy atom. The maximum absolute atomic E-state index is 14.4. The number of ketones is 1. The molecule has 10 heteroatoms. The van der Waals surface area contributed by atoms with Crippen LogP contribution in [0.4, 0.5) is 4.79 Å². The van der Waals surface area contributed by atoms with Gasteiger partial charge in [-0.1, -0.05) is 57.5 Å². The van der Waals surface area contributed by atoms with Crippen LogP contribution in [0.2, 0.25) is 0 Å². The Kier molecular flexibility index (Phi) is 11.5. The van der Waals surface area contributed by atoms with Crippen LogP contribution in [0.1, 0.15) is 71.9 Å². The number of nitrogens with zero attached hydrogens (tertiary/aromatic N) is 1. The molecule has 43 heavy (non-hydrogen) atoms. The molecule has 3 rings (SSSR count). The van der Waals surface area contributed by atoms with Crippen molar-refractivity contribution in [2.75, 3.05) is 13.1 Å². The molecule has 2 aliphatic rings. The second-order valence-corrected chi connectivity index (χ2v) is 13.1. The molecule has 2 unspecified atom stereocenters. The van der Waals surface area contributed by atoms with Gasteiger partial charge in [-0.25, -0.2) is 4.79 Å². The highest BCUT2D eigenvalue weighted by molar-refractivity contribution is 6.38. The third-order valence-electron chi connectivity index (χ3n) is 8.29. The van der Waals surface area contributed by atoms with Crippen LogP contribution >= 0.6 is 0 Å². The van der Waals surface area contributed by atoms with Gasteiger partial charge in [-0.05, 0) is 75.3 Å². The average molecular weight is 596 g/mol. The normalized spacial score (nSPS) is 19.7. The second kappa shape index (κ2) is 14.7. The van der Waals surface area contributed by atoms with Gasteiger partial charge < -0.3 is 26.2 Å². The maximum Gasteiger partial charge on any atom is 0.315 e. The minimum absolute atomic E-state index is 0.0797. The van der Waals surface area contributed by atoms with Crippen molar-refractivity contribution in [3.05, 3.63) is 48.0 Å². The minimum atomic E-state index is -1.01. The number of hydrogen-bond acceptors (Lipinski definition) is 5. The Morgan fingerprint density at radius 1 is 1.05 bits per heavy atom. The summed E-state index contributed by atoms with van der Waals surface area (Å²) in [6, 6.07) is 4.88. The van der Waals surface area contributed by atoms with E-state index in [1.807, 2.05) is 65.8 Å². The lowest BCUT2D eigenvalue weighted by Gasteiger charge is -2.35. The summed E-state index contributed by atoms with van der Waals surface area (Å²) >= 11 is 0. The van der Waals surface area contributed by atoms with E-state index in [1.54, 1.807) is 4.90 Å². The van der Waals surface area contributed by atoms with Crippen molar-refractivity contribution in [1.29, 1.82) is 0 Å². The number of carbonyl (C=O) groups is 5. The van der Waals surface area contributed by atoms with Gasteiger partial charge in [0.1, 0.15) is 12.1 Å². The predicted molar refractivity (Wildman–Crippen MR) is 166 cm³/mol. The molecule has 1 fully saturated rings. The van der Waals surface area contributed by atoms with Crippen molar-refractivity contribution in [3.63, 3.8) is 0 Å². The first-order chi connectivity index (χ1) is 20.3. The molecule has 0 radical (unpaired) electrons. The lowest BCUT2D eigenvalue weighted by Crippen LogP contribution is -2.60. The first-order valence-electron chi connectivity index (χ1n) is 15.5. The van der Waals surface area contributed by atoms with E-state index in [0.717, 1.165) is 11.1 Å². The molecule has 5 amide bonds. The summed E-state index contributed by atoms with van der Waals surface area (Å²) in [5.41, 5.74) is 1.79.